The molecule has 0 amide bonds. The van der Waals surface area contributed by atoms with Crippen LogP contribution in [0.15, 0.2) is 6.33 Å². The Balaban J connectivity index is 2.89. The molecule has 0 saturated heterocycles. The van der Waals surface area contributed by atoms with Gasteiger partial charge in [-0.15, -0.1) is 0 Å². The number of nitrogen functional groups attached to an aromatic ring is 1. The number of rotatable bonds is 3. The molecule has 0 aliphatic carbocycles. The van der Waals surface area contributed by atoms with Crippen LogP contribution in [0.25, 0.3) is 0 Å². The van der Waals surface area contributed by atoms with E-state index in [0.29, 0.717) is 30.1 Å². The molecule has 0 bridgehead atoms. The fraction of sp³-hybridized carbons (Fsp3) is 0.375. The zero-order valence-electron chi connectivity index (χ0n) is 7.32. The lowest BCUT2D eigenvalue weighted by Gasteiger charge is -2.05. The molecule has 0 atom stereocenters. The van der Waals surface area contributed by atoms with E-state index in [-0.39, 0.29) is 0 Å². The van der Waals surface area contributed by atoms with Gasteiger partial charge in [0.1, 0.15) is 12.0 Å². The third-order valence-electron chi connectivity index (χ3n) is 1.60. The van der Waals surface area contributed by atoms with Crippen molar-refractivity contribution in [2.24, 2.45) is 0 Å². The number of nitrogens with two attached hydrogens (primary N) is 1. The lowest BCUT2D eigenvalue weighted by molar-refractivity contribution is 0.398. The third-order valence-corrected chi connectivity index (χ3v) is 1.60. The lowest BCUT2D eigenvalue weighted by atomic mass is 10.2. The largest absolute Gasteiger partial charge is 0.479 e. The van der Waals surface area contributed by atoms with Crippen LogP contribution in [0.3, 0.4) is 0 Å². The van der Waals surface area contributed by atoms with Gasteiger partial charge in [0.05, 0.1) is 18.9 Å². The van der Waals surface area contributed by atoms with Gasteiger partial charge in [-0.05, 0) is 0 Å². The molecule has 2 N–H and O–H groups in total. The van der Waals surface area contributed by atoms with Gasteiger partial charge in [-0.1, -0.05) is 0 Å². The summed E-state index contributed by atoms with van der Waals surface area (Å²) in [6.45, 7) is 0. The fourth-order valence-electron chi connectivity index (χ4n) is 0.950. The van der Waals surface area contributed by atoms with Crippen molar-refractivity contribution in [1.82, 2.24) is 9.97 Å². The highest BCUT2D eigenvalue weighted by molar-refractivity contribution is 5.51. The van der Waals surface area contributed by atoms with Gasteiger partial charge in [0.25, 0.3) is 0 Å². The molecule has 1 heterocycles. The first kappa shape index (κ1) is 9.26. The van der Waals surface area contributed by atoms with Crippen LogP contribution in [0, 0.1) is 11.3 Å². The Labute approximate surface area is 76.2 Å². The molecule has 0 spiro atoms. The van der Waals surface area contributed by atoms with Crippen molar-refractivity contribution in [2.75, 3.05) is 12.8 Å². The van der Waals surface area contributed by atoms with Crippen molar-refractivity contribution in [3.63, 3.8) is 0 Å². The second kappa shape index (κ2) is 4.26. The molecule has 0 aliphatic rings. The van der Waals surface area contributed by atoms with Crippen LogP contribution in [0.5, 0.6) is 5.88 Å². The van der Waals surface area contributed by atoms with E-state index in [4.69, 9.17) is 15.7 Å². The van der Waals surface area contributed by atoms with Crippen LogP contribution in [0.4, 0.5) is 5.69 Å². The summed E-state index contributed by atoms with van der Waals surface area (Å²) in [5.41, 5.74) is 6.75. The SMILES string of the molecule is COc1ncnc(CCC#N)c1N. The molecule has 1 rings (SSSR count). The molecule has 0 aliphatic heterocycles. The van der Waals surface area contributed by atoms with Gasteiger partial charge in [0.15, 0.2) is 0 Å². The summed E-state index contributed by atoms with van der Waals surface area (Å²) in [6.07, 6.45) is 2.30. The van der Waals surface area contributed by atoms with Crippen LogP contribution in [-0.2, 0) is 6.42 Å². The minimum atomic E-state index is 0.364. The Hall–Kier alpha value is -1.83. The van der Waals surface area contributed by atoms with Gasteiger partial charge in [-0.25, -0.2) is 4.98 Å². The number of aromatic nitrogens is 2. The van der Waals surface area contributed by atoms with Gasteiger partial charge in [-0.2, -0.15) is 10.2 Å². The smallest absolute Gasteiger partial charge is 0.240 e. The second-order valence-corrected chi connectivity index (χ2v) is 2.40. The van der Waals surface area contributed by atoms with Crippen LogP contribution in [-0.4, -0.2) is 17.1 Å². The summed E-state index contributed by atoms with van der Waals surface area (Å²) in [5, 5.41) is 8.38. The number of nitrogens with zero attached hydrogens (tertiary/aromatic N) is 3. The molecule has 0 radical (unpaired) electrons. The lowest BCUT2D eigenvalue weighted by Crippen LogP contribution is -2.02. The van der Waals surface area contributed by atoms with Gasteiger partial charge in [0, 0.05) is 12.8 Å². The highest BCUT2D eigenvalue weighted by Crippen LogP contribution is 2.20. The van der Waals surface area contributed by atoms with Crippen molar-refractivity contribution in [1.29, 1.82) is 5.26 Å². The minimum Gasteiger partial charge on any atom is -0.479 e. The Bertz CT molecular complexity index is 331. The first-order valence-electron chi connectivity index (χ1n) is 3.80. The molecule has 1 aromatic heterocycles. The van der Waals surface area contributed by atoms with Gasteiger partial charge in [-0.3, -0.25) is 0 Å². The van der Waals surface area contributed by atoms with E-state index in [2.05, 4.69) is 9.97 Å². The minimum absolute atomic E-state index is 0.364. The maximum Gasteiger partial charge on any atom is 0.240 e. The first-order chi connectivity index (χ1) is 6.29. The first-order valence-corrected chi connectivity index (χ1v) is 3.80. The topological polar surface area (TPSA) is 84.8 Å². The van der Waals surface area contributed by atoms with Crippen LogP contribution < -0.4 is 10.5 Å². The molecule has 0 unspecified atom stereocenters. The highest BCUT2D eigenvalue weighted by atomic mass is 16.5. The maximum absolute atomic E-state index is 8.38. The molecule has 13 heavy (non-hydrogen) atoms. The van der Waals surface area contributed by atoms with Crippen LogP contribution in [0.1, 0.15) is 12.1 Å². The summed E-state index contributed by atoms with van der Waals surface area (Å²) < 4.78 is 4.91. The van der Waals surface area contributed by atoms with Gasteiger partial charge >= 0.3 is 0 Å². The maximum atomic E-state index is 8.38. The summed E-state index contributed by atoms with van der Waals surface area (Å²) in [5.74, 6) is 0.364. The zero-order chi connectivity index (χ0) is 9.68. The summed E-state index contributed by atoms with van der Waals surface area (Å²) in [4.78, 5) is 7.78. The van der Waals surface area contributed by atoms with E-state index in [1.807, 2.05) is 6.07 Å². The normalized spacial score (nSPS) is 9.23. The van der Waals surface area contributed by atoms with Crippen molar-refractivity contribution in [3.05, 3.63) is 12.0 Å². The highest BCUT2D eigenvalue weighted by Gasteiger charge is 2.06. The van der Waals surface area contributed by atoms with E-state index in [1.165, 1.54) is 13.4 Å². The molecule has 5 nitrogen and oxygen atoms in total. The predicted octanol–water partition coefficient (Wildman–Crippen LogP) is 0.524. The van der Waals surface area contributed by atoms with Crippen molar-refractivity contribution < 1.29 is 4.74 Å². The molecule has 68 valence electrons. The quantitative estimate of drug-likeness (QED) is 0.729. The molecule has 1 aromatic rings. The standard InChI is InChI=1S/C8H10N4O/c1-13-8-7(10)6(3-2-4-9)11-5-12-8/h5H,2-3,10H2,1H3. The summed E-state index contributed by atoms with van der Waals surface area (Å²) in [6, 6.07) is 2.02. The zero-order valence-corrected chi connectivity index (χ0v) is 7.32. The Morgan fingerprint density at radius 1 is 1.62 bits per heavy atom. The summed E-state index contributed by atoms with van der Waals surface area (Å²) >= 11 is 0. The van der Waals surface area contributed by atoms with E-state index in [0.717, 1.165) is 0 Å². The van der Waals surface area contributed by atoms with Crippen molar-refractivity contribution in [2.45, 2.75) is 12.8 Å². The molecule has 5 heteroatoms. The van der Waals surface area contributed by atoms with Crippen molar-refractivity contribution >= 4 is 5.69 Å². The molecule has 0 saturated carbocycles. The average Bonchev–Trinajstić information content (AvgIpc) is 2.16. The number of aryl methyl sites for hydroxylation is 1. The van der Waals surface area contributed by atoms with Crippen LogP contribution >= 0.6 is 0 Å². The average molecular weight is 178 g/mol. The number of hydrogen-bond acceptors (Lipinski definition) is 5. The van der Waals surface area contributed by atoms with Crippen LogP contribution in [0.2, 0.25) is 0 Å². The Morgan fingerprint density at radius 3 is 3.00 bits per heavy atom. The molecule has 0 aromatic carbocycles. The van der Waals surface area contributed by atoms with Gasteiger partial charge in [0.2, 0.25) is 5.88 Å². The predicted molar refractivity (Wildman–Crippen MR) is 46.9 cm³/mol. The summed E-state index contributed by atoms with van der Waals surface area (Å²) in [7, 11) is 1.49. The number of hydrogen-bond donors (Lipinski definition) is 1. The number of nitriles is 1. The van der Waals surface area contributed by atoms with E-state index < -0.39 is 0 Å². The third kappa shape index (κ3) is 2.06. The number of methoxy groups -OCH3 is 1. The van der Waals surface area contributed by atoms with Crippen molar-refractivity contribution in [3.8, 4) is 11.9 Å². The molecular weight excluding hydrogens is 168 g/mol. The number of ether oxygens (including phenoxy) is 1. The van der Waals surface area contributed by atoms with Gasteiger partial charge < -0.3 is 10.5 Å². The molecule has 0 fully saturated rings. The van der Waals surface area contributed by atoms with E-state index in [1.54, 1.807) is 0 Å². The fourth-order valence-corrected chi connectivity index (χ4v) is 0.950. The monoisotopic (exact) mass is 178 g/mol. The molecular formula is C8H10N4O. The second-order valence-electron chi connectivity index (χ2n) is 2.40. The number of anilines is 1. The Morgan fingerprint density at radius 2 is 2.38 bits per heavy atom. The van der Waals surface area contributed by atoms with E-state index >= 15 is 0 Å². The Kier molecular flexibility index (Phi) is 3.03. The van der Waals surface area contributed by atoms with E-state index in [9.17, 15) is 0 Å².